The highest BCUT2D eigenvalue weighted by Crippen LogP contribution is 2.17. The molecular weight excluding hydrogens is 302 g/mol. The Bertz CT molecular complexity index is 649. The minimum Gasteiger partial charge on any atom is -0.326 e. The van der Waals surface area contributed by atoms with E-state index in [0.29, 0.717) is 12.2 Å². The zero-order valence-electron chi connectivity index (χ0n) is 12.4. The predicted octanol–water partition coefficient (Wildman–Crippen LogP) is 2.89. The fourth-order valence-corrected chi connectivity index (χ4v) is 2.83. The quantitative estimate of drug-likeness (QED) is 0.730. The van der Waals surface area contributed by atoms with Gasteiger partial charge in [0.2, 0.25) is 5.91 Å². The normalized spacial score (nSPS) is 10.6. The second kappa shape index (κ2) is 8.43. The van der Waals surface area contributed by atoms with Crippen molar-refractivity contribution in [2.24, 2.45) is 0 Å². The van der Waals surface area contributed by atoms with Crippen molar-refractivity contribution in [3.63, 3.8) is 0 Å². The molecule has 0 radical (unpaired) electrons. The van der Waals surface area contributed by atoms with Crippen molar-refractivity contribution in [1.29, 1.82) is 0 Å². The molecule has 1 aromatic carbocycles. The van der Waals surface area contributed by atoms with Crippen LogP contribution in [-0.2, 0) is 4.79 Å². The van der Waals surface area contributed by atoms with Crippen LogP contribution in [0.2, 0.25) is 0 Å². The van der Waals surface area contributed by atoms with Gasteiger partial charge in [0.25, 0.3) is 0 Å². The first-order chi connectivity index (χ1) is 10.7. The van der Waals surface area contributed by atoms with Crippen molar-refractivity contribution in [2.45, 2.75) is 26.2 Å². The molecular formula is C15H19N3O3S. The Morgan fingerprint density at radius 2 is 2.09 bits per heavy atom. The minimum absolute atomic E-state index is 0.00610. The van der Waals surface area contributed by atoms with Gasteiger partial charge in [0, 0.05) is 23.4 Å². The maximum absolute atomic E-state index is 11.8. The number of carbonyl (C=O) groups is 1. The third-order valence-electron chi connectivity index (χ3n) is 3.00. The van der Waals surface area contributed by atoms with E-state index in [4.69, 9.17) is 0 Å². The first kappa shape index (κ1) is 16.4. The van der Waals surface area contributed by atoms with Gasteiger partial charge >= 0.3 is 5.76 Å². The number of nitrogens with zero attached hydrogens (tertiary/aromatic N) is 1. The van der Waals surface area contributed by atoms with Crippen molar-refractivity contribution < 1.29 is 9.32 Å². The largest absolute Gasteiger partial charge is 0.439 e. The van der Waals surface area contributed by atoms with Crippen LogP contribution in [0.4, 0.5) is 5.69 Å². The summed E-state index contributed by atoms with van der Waals surface area (Å²) in [6.45, 7) is 2.16. The lowest BCUT2D eigenvalue weighted by Crippen LogP contribution is -2.12. The molecule has 0 aliphatic heterocycles. The van der Waals surface area contributed by atoms with Crippen LogP contribution < -0.4 is 11.1 Å². The first-order valence-corrected chi connectivity index (χ1v) is 8.38. The van der Waals surface area contributed by atoms with Gasteiger partial charge in [-0.25, -0.2) is 4.79 Å². The minimum atomic E-state index is -0.590. The Hall–Kier alpha value is -2.02. The molecule has 0 aliphatic rings. The molecule has 0 saturated carbocycles. The number of aromatic amines is 1. The lowest BCUT2D eigenvalue weighted by Gasteiger charge is -2.05. The predicted molar refractivity (Wildman–Crippen MR) is 88.0 cm³/mol. The van der Waals surface area contributed by atoms with E-state index in [0.717, 1.165) is 22.8 Å². The number of rotatable bonds is 8. The molecule has 0 bridgehead atoms. The average Bonchev–Trinajstić information content (AvgIpc) is 2.94. The number of nitrogens with one attached hydrogen (secondary N) is 2. The Kier molecular flexibility index (Phi) is 6.27. The van der Waals surface area contributed by atoms with Gasteiger partial charge in [-0.1, -0.05) is 18.5 Å². The molecule has 6 nitrogen and oxygen atoms in total. The zero-order valence-corrected chi connectivity index (χ0v) is 13.2. The Morgan fingerprint density at radius 1 is 1.32 bits per heavy atom. The lowest BCUT2D eigenvalue weighted by atomic mass is 10.2. The van der Waals surface area contributed by atoms with Crippen LogP contribution in [0.1, 0.15) is 26.2 Å². The van der Waals surface area contributed by atoms with E-state index in [1.165, 1.54) is 12.8 Å². The first-order valence-electron chi connectivity index (χ1n) is 7.23. The van der Waals surface area contributed by atoms with Crippen LogP contribution in [-0.4, -0.2) is 27.6 Å². The molecule has 22 heavy (non-hydrogen) atoms. The highest BCUT2D eigenvalue weighted by Gasteiger charge is 2.06. The molecule has 1 heterocycles. The average molecular weight is 321 g/mol. The Balaban J connectivity index is 1.81. The van der Waals surface area contributed by atoms with Gasteiger partial charge in [-0.3, -0.25) is 14.3 Å². The van der Waals surface area contributed by atoms with Crippen LogP contribution in [0, 0.1) is 0 Å². The maximum Gasteiger partial charge on any atom is 0.439 e. The van der Waals surface area contributed by atoms with Crippen molar-refractivity contribution >= 4 is 23.4 Å². The van der Waals surface area contributed by atoms with Gasteiger partial charge in [-0.2, -0.15) is 11.8 Å². The SMILES string of the molecule is CCCCSCCC(=O)Nc1ccc(-c2noc(=O)[nH]2)cc1. The second-order valence-corrected chi connectivity index (χ2v) is 6.01. The van der Waals surface area contributed by atoms with Gasteiger partial charge in [-0.15, -0.1) is 0 Å². The van der Waals surface area contributed by atoms with E-state index in [9.17, 15) is 9.59 Å². The van der Waals surface area contributed by atoms with Crippen molar-refractivity contribution in [1.82, 2.24) is 10.1 Å². The molecule has 0 unspecified atom stereocenters. The van der Waals surface area contributed by atoms with E-state index < -0.39 is 5.76 Å². The highest BCUT2D eigenvalue weighted by atomic mass is 32.2. The molecule has 0 spiro atoms. The molecule has 0 saturated heterocycles. The third kappa shape index (κ3) is 5.07. The maximum atomic E-state index is 11.8. The van der Waals surface area contributed by atoms with E-state index in [2.05, 4.69) is 26.9 Å². The summed E-state index contributed by atoms with van der Waals surface area (Å²) in [5, 5.41) is 6.46. The van der Waals surface area contributed by atoms with Crippen LogP contribution in [0.3, 0.4) is 0 Å². The molecule has 2 rings (SSSR count). The smallest absolute Gasteiger partial charge is 0.326 e. The Morgan fingerprint density at radius 3 is 2.73 bits per heavy atom. The summed E-state index contributed by atoms with van der Waals surface area (Å²) < 4.78 is 4.45. The van der Waals surface area contributed by atoms with E-state index >= 15 is 0 Å². The molecule has 0 aliphatic carbocycles. The number of hydrogen-bond donors (Lipinski definition) is 2. The molecule has 1 aromatic heterocycles. The van der Waals surface area contributed by atoms with Crippen LogP contribution in [0.25, 0.3) is 11.4 Å². The summed E-state index contributed by atoms with van der Waals surface area (Å²) in [6.07, 6.45) is 2.88. The monoisotopic (exact) mass is 321 g/mol. The zero-order chi connectivity index (χ0) is 15.8. The number of hydrogen-bond acceptors (Lipinski definition) is 5. The fourth-order valence-electron chi connectivity index (χ4n) is 1.80. The summed E-state index contributed by atoms with van der Waals surface area (Å²) in [5.74, 6) is 1.73. The van der Waals surface area contributed by atoms with Gasteiger partial charge in [-0.05, 0) is 36.4 Å². The molecule has 0 fully saturated rings. The van der Waals surface area contributed by atoms with Gasteiger partial charge in [0.1, 0.15) is 0 Å². The molecule has 0 atom stereocenters. The number of unbranched alkanes of at least 4 members (excludes halogenated alkanes) is 1. The van der Waals surface area contributed by atoms with E-state index in [1.54, 1.807) is 36.0 Å². The lowest BCUT2D eigenvalue weighted by molar-refractivity contribution is -0.115. The Labute approximate surface area is 132 Å². The number of aromatic nitrogens is 2. The molecule has 118 valence electrons. The highest BCUT2D eigenvalue weighted by molar-refractivity contribution is 7.99. The summed E-state index contributed by atoms with van der Waals surface area (Å²) >= 11 is 1.81. The van der Waals surface area contributed by atoms with Crippen molar-refractivity contribution in [3.05, 3.63) is 34.8 Å². The summed E-state index contributed by atoms with van der Waals surface area (Å²) in [5.41, 5.74) is 1.44. The second-order valence-electron chi connectivity index (χ2n) is 4.79. The summed E-state index contributed by atoms with van der Waals surface area (Å²) in [4.78, 5) is 25.2. The molecule has 2 N–H and O–H groups in total. The number of amides is 1. The van der Waals surface area contributed by atoms with Crippen molar-refractivity contribution in [3.8, 4) is 11.4 Å². The molecule has 7 heteroatoms. The number of carbonyl (C=O) groups excluding carboxylic acids is 1. The van der Waals surface area contributed by atoms with Crippen molar-refractivity contribution in [2.75, 3.05) is 16.8 Å². The number of H-pyrrole nitrogens is 1. The molecule has 2 aromatic rings. The number of benzene rings is 1. The number of thioether (sulfide) groups is 1. The van der Waals surface area contributed by atoms with Crippen LogP contribution in [0.15, 0.2) is 33.6 Å². The van der Waals surface area contributed by atoms with E-state index in [-0.39, 0.29) is 5.91 Å². The topological polar surface area (TPSA) is 88.0 Å². The van der Waals surface area contributed by atoms with Crippen LogP contribution >= 0.6 is 11.8 Å². The van der Waals surface area contributed by atoms with Gasteiger partial charge in [0.05, 0.1) is 0 Å². The molecule has 1 amide bonds. The van der Waals surface area contributed by atoms with Gasteiger partial charge < -0.3 is 5.32 Å². The standard InChI is InChI=1S/C15H19N3O3S/c1-2-3-9-22-10-8-13(19)16-12-6-4-11(5-7-12)14-17-15(20)21-18-14/h4-7H,2-3,8-10H2,1H3,(H,16,19)(H,17,18,20). The fraction of sp³-hybridized carbons (Fsp3) is 0.400. The third-order valence-corrected chi connectivity index (χ3v) is 4.07. The van der Waals surface area contributed by atoms with E-state index in [1.807, 2.05) is 0 Å². The number of anilines is 1. The van der Waals surface area contributed by atoms with Gasteiger partial charge in [0.15, 0.2) is 5.82 Å². The summed E-state index contributed by atoms with van der Waals surface area (Å²) in [6, 6.07) is 7.06. The summed E-state index contributed by atoms with van der Waals surface area (Å²) in [7, 11) is 0. The van der Waals surface area contributed by atoms with Crippen LogP contribution in [0.5, 0.6) is 0 Å².